The van der Waals surface area contributed by atoms with Crippen molar-refractivity contribution in [2.75, 3.05) is 5.75 Å². The van der Waals surface area contributed by atoms with Gasteiger partial charge in [0.25, 0.3) is 0 Å². The van der Waals surface area contributed by atoms with E-state index in [1.54, 1.807) is 11.8 Å². The summed E-state index contributed by atoms with van der Waals surface area (Å²) in [6.45, 7) is 4.85. The summed E-state index contributed by atoms with van der Waals surface area (Å²) in [5.74, 6) is 1.45. The fourth-order valence-electron chi connectivity index (χ4n) is 2.48. The van der Waals surface area contributed by atoms with Crippen LogP contribution >= 0.6 is 23.5 Å². The Morgan fingerprint density at radius 2 is 1.74 bits per heavy atom. The molecule has 0 aliphatic heterocycles. The molecule has 3 rings (SSSR count). The molecule has 0 atom stereocenters. The van der Waals surface area contributed by atoms with Crippen LogP contribution in [0.5, 0.6) is 0 Å². The first-order chi connectivity index (χ1) is 13.1. The molecule has 0 N–H and O–H groups in total. The van der Waals surface area contributed by atoms with E-state index in [1.807, 2.05) is 11.5 Å². The zero-order valence-electron chi connectivity index (χ0n) is 15.2. The SMILES string of the molecule is CCn1c(CSc2ccc(C)cc2)nnc1SCC(=O)c1ccc(F)cc1. The van der Waals surface area contributed by atoms with Crippen molar-refractivity contribution in [1.29, 1.82) is 0 Å². The number of thioether (sulfide) groups is 2. The number of carbonyl (C=O) groups is 1. The van der Waals surface area contributed by atoms with Crippen molar-refractivity contribution in [2.45, 2.75) is 36.2 Å². The molecule has 4 nitrogen and oxygen atoms in total. The standard InChI is InChI=1S/C20H20FN3OS2/c1-3-24-19(13-26-17-10-4-14(2)5-11-17)22-23-20(24)27-12-18(25)15-6-8-16(21)9-7-15/h4-11H,3,12-13H2,1-2H3. The average Bonchev–Trinajstić information content (AvgIpc) is 3.08. The Bertz CT molecular complexity index is 908. The summed E-state index contributed by atoms with van der Waals surface area (Å²) in [7, 11) is 0. The maximum absolute atomic E-state index is 13.0. The predicted molar refractivity (Wildman–Crippen MR) is 108 cm³/mol. The molecule has 27 heavy (non-hydrogen) atoms. The zero-order chi connectivity index (χ0) is 19.2. The molecule has 0 radical (unpaired) electrons. The highest BCUT2D eigenvalue weighted by atomic mass is 32.2. The van der Waals surface area contributed by atoms with Crippen molar-refractivity contribution in [2.24, 2.45) is 0 Å². The molecular formula is C20H20FN3OS2. The van der Waals surface area contributed by atoms with Gasteiger partial charge in [0, 0.05) is 17.0 Å². The van der Waals surface area contributed by atoms with E-state index in [1.165, 1.54) is 46.5 Å². The zero-order valence-corrected chi connectivity index (χ0v) is 16.8. The highest BCUT2D eigenvalue weighted by molar-refractivity contribution is 7.99. The van der Waals surface area contributed by atoms with Gasteiger partial charge in [-0.3, -0.25) is 4.79 Å². The lowest BCUT2D eigenvalue weighted by atomic mass is 10.1. The van der Waals surface area contributed by atoms with Crippen LogP contribution in [0.15, 0.2) is 58.6 Å². The third-order valence-electron chi connectivity index (χ3n) is 4.00. The van der Waals surface area contributed by atoms with Crippen molar-refractivity contribution in [3.63, 3.8) is 0 Å². The number of ketones is 1. The molecule has 0 fully saturated rings. The molecule has 0 aliphatic carbocycles. The van der Waals surface area contributed by atoms with Gasteiger partial charge in [0.15, 0.2) is 10.9 Å². The Morgan fingerprint density at radius 3 is 2.41 bits per heavy atom. The Labute approximate surface area is 166 Å². The lowest BCUT2D eigenvalue weighted by Crippen LogP contribution is -2.06. The fourth-order valence-corrected chi connectivity index (χ4v) is 4.24. The predicted octanol–water partition coefficient (Wildman–Crippen LogP) is 5.01. The molecule has 140 valence electrons. The van der Waals surface area contributed by atoms with Crippen LogP contribution in [-0.4, -0.2) is 26.3 Å². The van der Waals surface area contributed by atoms with Gasteiger partial charge >= 0.3 is 0 Å². The van der Waals surface area contributed by atoms with Gasteiger partial charge < -0.3 is 4.57 Å². The van der Waals surface area contributed by atoms with Gasteiger partial charge in [0.1, 0.15) is 11.6 Å². The number of rotatable bonds is 8. The van der Waals surface area contributed by atoms with Gasteiger partial charge in [0.05, 0.1) is 11.5 Å². The van der Waals surface area contributed by atoms with Gasteiger partial charge in [-0.1, -0.05) is 29.5 Å². The molecule has 0 spiro atoms. The van der Waals surface area contributed by atoms with Crippen molar-refractivity contribution in [3.8, 4) is 0 Å². The minimum Gasteiger partial charge on any atom is -0.306 e. The smallest absolute Gasteiger partial charge is 0.191 e. The molecule has 0 aliphatic rings. The molecule has 0 saturated heterocycles. The third-order valence-corrected chi connectivity index (χ3v) is 5.97. The van der Waals surface area contributed by atoms with Crippen molar-refractivity contribution in [3.05, 3.63) is 71.3 Å². The summed E-state index contributed by atoms with van der Waals surface area (Å²) in [4.78, 5) is 13.5. The molecule has 1 aromatic heterocycles. The third kappa shape index (κ3) is 5.20. The van der Waals surface area contributed by atoms with Gasteiger partial charge in [-0.15, -0.1) is 22.0 Å². The quantitative estimate of drug-likeness (QED) is 0.392. The summed E-state index contributed by atoms with van der Waals surface area (Å²) in [6, 6.07) is 14.0. The molecule has 1 heterocycles. The van der Waals surface area contributed by atoms with E-state index in [4.69, 9.17) is 0 Å². The highest BCUT2D eigenvalue weighted by Crippen LogP contribution is 2.25. The van der Waals surface area contributed by atoms with Crippen molar-refractivity contribution >= 4 is 29.3 Å². The number of hydrogen-bond donors (Lipinski definition) is 0. The number of aromatic nitrogens is 3. The molecular weight excluding hydrogens is 381 g/mol. The van der Waals surface area contributed by atoms with Crippen molar-refractivity contribution < 1.29 is 9.18 Å². The highest BCUT2D eigenvalue weighted by Gasteiger charge is 2.14. The number of halogens is 1. The van der Waals surface area contributed by atoms with Gasteiger partial charge in [-0.2, -0.15) is 0 Å². The fraction of sp³-hybridized carbons (Fsp3) is 0.250. The minimum absolute atomic E-state index is 0.0544. The Hall–Kier alpha value is -2.12. The number of carbonyl (C=O) groups excluding carboxylic acids is 1. The van der Waals surface area contributed by atoms with Crippen LogP contribution in [0, 0.1) is 12.7 Å². The first-order valence-electron chi connectivity index (χ1n) is 8.60. The second-order valence-electron chi connectivity index (χ2n) is 5.96. The first kappa shape index (κ1) is 19.6. The largest absolute Gasteiger partial charge is 0.306 e. The first-order valence-corrected chi connectivity index (χ1v) is 10.6. The lowest BCUT2D eigenvalue weighted by molar-refractivity contribution is 0.102. The summed E-state index contributed by atoms with van der Waals surface area (Å²) in [5, 5.41) is 9.26. The summed E-state index contributed by atoms with van der Waals surface area (Å²) < 4.78 is 15.0. The van der Waals surface area contributed by atoms with E-state index in [0.29, 0.717) is 5.56 Å². The molecule has 3 aromatic rings. The molecule has 0 amide bonds. The Morgan fingerprint density at radius 1 is 1.04 bits per heavy atom. The van der Waals surface area contributed by atoms with E-state index in [9.17, 15) is 9.18 Å². The molecule has 0 unspecified atom stereocenters. The van der Waals surface area contributed by atoms with Crippen LogP contribution in [0.2, 0.25) is 0 Å². The van der Waals surface area contributed by atoms with Crippen LogP contribution < -0.4 is 0 Å². The number of hydrogen-bond acceptors (Lipinski definition) is 5. The number of benzene rings is 2. The second kappa shape index (κ2) is 9.19. The van der Waals surface area contributed by atoms with E-state index in [-0.39, 0.29) is 17.4 Å². The lowest BCUT2D eigenvalue weighted by Gasteiger charge is -2.07. The topological polar surface area (TPSA) is 47.8 Å². The summed E-state index contributed by atoms with van der Waals surface area (Å²) >= 11 is 3.07. The normalized spacial score (nSPS) is 10.9. The van der Waals surface area contributed by atoms with Crippen LogP contribution in [0.1, 0.15) is 28.7 Å². The average molecular weight is 402 g/mol. The Balaban J connectivity index is 1.62. The molecule has 7 heteroatoms. The van der Waals surface area contributed by atoms with Crippen LogP contribution in [0.3, 0.4) is 0 Å². The monoisotopic (exact) mass is 401 g/mol. The summed E-state index contributed by atoms with van der Waals surface area (Å²) in [5.41, 5.74) is 1.74. The van der Waals surface area contributed by atoms with E-state index in [0.717, 1.165) is 23.3 Å². The van der Waals surface area contributed by atoms with Gasteiger partial charge in [-0.25, -0.2) is 4.39 Å². The number of nitrogens with zero attached hydrogens (tertiary/aromatic N) is 3. The number of Topliss-reactive ketones (excluding diaryl/α,β-unsaturated/α-hetero) is 1. The van der Waals surface area contributed by atoms with Crippen LogP contribution in [-0.2, 0) is 12.3 Å². The minimum atomic E-state index is -0.347. The van der Waals surface area contributed by atoms with Gasteiger partial charge in [-0.05, 0) is 50.2 Å². The van der Waals surface area contributed by atoms with E-state index in [2.05, 4.69) is 41.4 Å². The Kier molecular flexibility index (Phi) is 6.68. The molecule has 2 aromatic carbocycles. The second-order valence-corrected chi connectivity index (χ2v) is 7.95. The molecule has 0 saturated carbocycles. The summed E-state index contributed by atoms with van der Waals surface area (Å²) in [6.07, 6.45) is 0. The van der Waals surface area contributed by atoms with E-state index < -0.39 is 0 Å². The van der Waals surface area contributed by atoms with E-state index >= 15 is 0 Å². The maximum atomic E-state index is 13.0. The maximum Gasteiger partial charge on any atom is 0.191 e. The van der Waals surface area contributed by atoms with Gasteiger partial charge in [0.2, 0.25) is 0 Å². The van der Waals surface area contributed by atoms with Crippen LogP contribution in [0.4, 0.5) is 4.39 Å². The number of aryl methyl sites for hydroxylation is 1. The molecule has 0 bridgehead atoms. The van der Waals surface area contributed by atoms with Crippen LogP contribution in [0.25, 0.3) is 0 Å². The van der Waals surface area contributed by atoms with Crippen molar-refractivity contribution in [1.82, 2.24) is 14.8 Å².